The molecule has 0 aliphatic heterocycles. The van der Waals surface area contributed by atoms with Crippen molar-refractivity contribution >= 4 is 66.5 Å². The molecule has 2 aromatic heterocycles. The van der Waals surface area contributed by atoms with Crippen molar-refractivity contribution in [3.8, 4) is 22.3 Å². The normalized spacial score (nSPS) is 11.8. The van der Waals surface area contributed by atoms with Crippen molar-refractivity contribution in [1.29, 1.82) is 0 Å². The summed E-state index contributed by atoms with van der Waals surface area (Å²) in [4.78, 5) is 0. The van der Waals surface area contributed by atoms with E-state index in [2.05, 4.69) is 127 Å². The Hall–Kier alpha value is -3.57. The smallest absolute Gasteiger partial charge is 0.135 e. The number of hydrogen-bond donors (Lipinski definition) is 0. The van der Waals surface area contributed by atoms with Crippen molar-refractivity contribution in [1.82, 2.24) is 0 Å². The van der Waals surface area contributed by atoms with E-state index < -0.39 is 0 Å². The zero-order valence-electron chi connectivity index (χ0n) is 18.4. The van der Waals surface area contributed by atoms with Crippen LogP contribution in [0.1, 0.15) is 5.56 Å². The molecule has 0 saturated heterocycles. The summed E-state index contributed by atoms with van der Waals surface area (Å²) in [6.45, 7) is 2.12. The molecule has 0 amide bonds. The summed E-state index contributed by atoms with van der Waals surface area (Å²) >= 11 is 2.35. The minimum Gasteiger partial charge on any atom is -0.456 e. The van der Waals surface area contributed by atoms with Gasteiger partial charge < -0.3 is 8.83 Å². The van der Waals surface area contributed by atoms with Crippen molar-refractivity contribution in [3.05, 3.63) is 106 Å². The number of benzene rings is 5. The number of fused-ring (bicyclic) bond motifs is 6. The van der Waals surface area contributed by atoms with Crippen LogP contribution >= 0.6 is 22.6 Å². The van der Waals surface area contributed by atoms with Gasteiger partial charge in [0.15, 0.2) is 0 Å². The second-order valence-corrected chi connectivity index (χ2v) is 10.1. The lowest BCUT2D eigenvalue weighted by molar-refractivity contribution is 0.668. The van der Waals surface area contributed by atoms with E-state index in [1.165, 1.54) is 36.8 Å². The van der Waals surface area contributed by atoms with Crippen molar-refractivity contribution < 1.29 is 8.83 Å². The number of aryl methyl sites for hydroxylation is 1. The average Bonchev–Trinajstić information content (AvgIpc) is 3.41. The van der Waals surface area contributed by atoms with Gasteiger partial charge in [-0.2, -0.15) is 0 Å². The lowest BCUT2D eigenvalue weighted by Gasteiger charge is -2.07. The molecular formula is C31H19IO2. The highest BCUT2D eigenvalue weighted by Gasteiger charge is 2.11. The molecule has 0 unspecified atom stereocenters. The maximum atomic E-state index is 6.06. The third kappa shape index (κ3) is 3.15. The van der Waals surface area contributed by atoms with Crippen LogP contribution in [0.2, 0.25) is 0 Å². The molecule has 0 aliphatic rings. The summed E-state index contributed by atoms with van der Waals surface area (Å²) in [5.41, 5.74) is 9.68. The summed E-state index contributed by atoms with van der Waals surface area (Å²) in [6.07, 6.45) is 0. The Bertz CT molecular complexity index is 1750. The minimum absolute atomic E-state index is 0.921. The molecule has 162 valence electrons. The first kappa shape index (κ1) is 19.9. The zero-order chi connectivity index (χ0) is 22.8. The quantitative estimate of drug-likeness (QED) is 0.200. The van der Waals surface area contributed by atoms with Gasteiger partial charge in [-0.25, -0.2) is 0 Å². The van der Waals surface area contributed by atoms with Gasteiger partial charge in [-0.05, 0) is 112 Å². The van der Waals surface area contributed by atoms with Crippen LogP contribution in [0.4, 0.5) is 0 Å². The van der Waals surface area contributed by atoms with Crippen LogP contribution in [0.3, 0.4) is 0 Å². The van der Waals surface area contributed by atoms with E-state index in [-0.39, 0.29) is 0 Å². The Morgan fingerprint density at radius 1 is 0.471 bits per heavy atom. The van der Waals surface area contributed by atoms with Crippen LogP contribution in [0.25, 0.3) is 66.1 Å². The zero-order valence-corrected chi connectivity index (χ0v) is 20.6. The molecule has 0 spiro atoms. The van der Waals surface area contributed by atoms with Gasteiger partial charge in [-0.15, -0.1) is 0 Å². The van der Waals surface area contributed by atoms with E-state index >= 15 is 0 Å². The molecule has 2 nitrogen and oxygen atoms in total. The SMILES string of the molecule is Cc1ccc2oc3ccc(-c4cccc(-c5ccc6oc7ccc(I)cc7c6c5)c4)cc3c2c1. The van der Waals surface area contributed by atoms with Crippen molar-refractivity contribution in [3.63, 3.8) is 0 Å². The van der Waals surface area contributed by atoms with E-state index in [1.54, 1.807) is 0 Å². The van der Waals surface area contributed by atoms with Crippen molar-refractivity contribution in [2.75, 3.05) is 0 Å². The Kier molecular flexibility index (Phi) is 4.36. The van der Waals surface area contributed by atoms with Gasteiger partial charge in [0.05, 0.1) is 0 Å². The first-order valence-electron chi connectivity index (χ1n) is 11.3. The predicted octanol–water partition coefficient (Wildman–Crippen LogP) is 9.73. The fraction of sp³-hybridized carbons (Fsp3) is 0.0323. The minimum atomic E-state index is 0.921. The molecule has 7 aromatic rings. The topological polar surface area (TPSA) is 26.3 Å². The molecular weight excluding hydrogens is 531 g/mol. The van der Waals surface area contributed by atoms with E-state index in [1.807, 2.05) is 0 Å². The van der Waals surface area contributed by atoms with Gasteiger partial charge in [-0.3, -0.25) is 0 Å². The summed E-state index contributed by atoms with van der Waals surface area (Å²) < 4.78 is 13.3. The van der Waals surface area contributed by atoms with Crippen LogP contribution < -0.4 is 0 Å². The van der Waals surface area contributed by atoms with Crippen LogP contribution in [0.15, 0.2) is 106 Å². The van der Waals surface area contributed by atoms with Gasteiger partial charge in [0.2, 0.25) is 0 Å². The second-order valence-electron chi connectivity index (χ2n) is 8.85. The summed E-state index contributed by atoms with van der Waals surface area (Å²) in [5, 5.41) is 4.63. The molecule has 2 heterocycles. The number of furan rings is 2. The molecule has 7 rings (SSSR count). The largest absolute Gasteiger partial charge is 0.456 e. The molecule has 3 heteroatoms. The number of rotatable bonds is 2. The first-order valence-corrected chi connectivity index (χ1v) is 12.4. The maximum Gasteiger partial charge on any atom is 0.135 e. The molecule has 0 N–H and O–H groups in total. The van der Waals surface area contributed by atoms with Crippen molar-refractivity contribution in [2.45, 2.75) is 6.92 Å². The average molecular weight is 550 g/mol. The molecule has 0 saturated carbocycles. The van der Waals surface area contributed by atoms with Gasteiger partial charge in [-0.1, -0.05) is 42.0 Å². The molecule has 0 radical (unpaired) electrons. The molecule has 0 atom stereocenters. The Morgan fingerprint density at radius 3 is 1.56 bits per heavy atom. The standard InChI is InChI=1S/C31H19IO2/c1-18-5-9-28-24(13-18)25-15-21(6-10-29(25)33-28)19-3-2-4-20(14-19)22-7-11-30-26(16-22)27-17-23(32)8-12-31(27)34-30/h2-17H,1H3. The molecule has 0 fully saturated rings. The summed E-state index contributed by atoms with van der Waals surface area (Å²) in [7, 11) is 0. The van der Waals surface area contributed by atoms with E-state index in [4.69, 9.17) is 8.83 Å². The summed E-state index contributed by atoms with van der Waals surface area (Å²) in [5.74, 6) is 0. The Labute approximate surface area is 209 Å². The van der Waals surface area contributed by atoms with Gasteiger partial charge in [0.1, 0.15) is 22.3 Å². The molecule has 5 aromatic carbocycles. The third-order valence-electron chi connectivity index (χ3n) is 6.59. The number of hydrogen-bond acceptors (Lipinski definition) is 2. The molecule has 34 heavy (non-hydrogen) atoms. The monoisotopic (exact) mass is 550 g/mol. The Morgan fingerprint density at radius 2 is 0.941 bits per heavy atom. The highest BCUT2D eigenvalue weighted by atomic mass is 127. The molecule has 0 aliphatic carbocycles. The lowest BCUT2D eigenvalue weighted by atomic mass is 9.97. The van der Waals surface area contributed by atoms with Gasteiger partial charge >= 0.3 is 0 Å². The van der Waals surface area contributed by atoms with E-state index in [9.17, 15) is 0 Å². The second kappa shape index (κ2) is 7.47. The third-order valence-corrected chi connectivity index (χ3v) is 7.26. The summed E-state index contributed by atoms with van der Waals surface area (Å²) in [6, 6.07) is 34.3. The van der Waals surface area contributed by atoms with Crippen LogP contribution in [-0.4, -0.2) is 0 Å². The van der Waals surface area contributed by atoms with Gasteiger partial charge in [0.25, 0.3) is 0 Å². The number of halogens is 1. The van der Waals surface area contributed by atoms with Crippen LogP contribution in [0, 0.1) is 10.5 Å². The Balaban J connectivity index is 1.36. The first-order chi connectivity index (χ1) is 16.6. The highest BCUT2D eigenvalue weighted by molar-refractivity contribution is 14.1. The van der Waals surface area contributed by atoms with Gasteiger partial charge in [0, 0.05) is 25.1 Å². The fourth-order valence-electron chi connectivity index (χ4n) is 4.88. The predicted molar refractivity (Wildman–Crippen MR) is 149 cm³/mol. The van der Waals surface area contributed by atoms with E-state index in [0.29, 0.717) is 0 Å². The van der Waals surface area contributed by atoms with Crippen LogP contribution in [-0.2, 0) is 0 Å². The van der Waals surface area contributed by atoms with Crippen molar-refractivity contribution in [2.24, 2.45) is 0 Å². The lowest BCUT2D eigenvalue weighted by Crippen LogP contribution is -1.82. The molecule has 0 bridgehead atoms. The van der Waals surface area contributed by atoms with E-state index in [0.717, 1.165) is 38.5 Å². The highest BCUT2D eigenvalue weighted by Crippen LogP contribution is 2.36. The maximum absolute atomic E-state index is 6.06. The fourth-order valence-corrected chi connectivity index (χ4v) is 5.37. The van der Waals surface area contributed by atoms with Crippen LogP contribution in [0.5, 0.6) is 0 Å².